The molecule has 0 radical (unpaired) electrons. The van der Waals surface area contributed by atoms with Crippen LogP contribution in [0.1, 0.15) is 44.9 Å². The van der Waals surface area contributed by atoms with E-state index in [9.17, 15) is 13.2 Å². The summed E-state index contributed by atoms with van der Waals surface area (Å²) in [6, 6.07) is 17.3. The van der Waals surface area contributed by atoms with Crippen LogP contribution in [-0.2, 0) is 14.8 Å². The molecule has 6 heteroatoms. The van der Waals surface area contributed by atoms with Gasteiger partial charge in [-0.2, -0.15) is 0 Å². The molecule has 0 aliphatic heterocycles. The summed E-state index contributed by atoms with van der Waals surface area (Å²) in [6.45, 7) is 1.02. The Labute approximate surface area is 180 Å². The third kappa shape index (κ3) is 6.33. The Balaban J connectivity index is 1.63. The van der Waals surface area contributed by atoms with Crippen LogP contribution in [0.15, 0.2) is 54.6 Å². The second kappa shape index (κ2) is 10.6. The number of benzene rings is 2. The fraction of sp³-hybridized carbons (Fsp3) is 0.458. The third-order valence-corrected chi connectivity index (χ3v) is 6.92. The summed E-state index contributed by atoms with van der Waals surface area (Å²) < 4.78 is 26.5. The SMILES string of the molecule is CS(=O)(=O)N(CCCC(=O)NCC1CCCCC1)c1ccccc1-c1ccccc1. The summed E-state index contributed by atoms with van der Waals surface area (Å²) in [5.41, 5.74) is 2.48. The first kappa shape index (κ1) is 22.3. The molecule has 1 fully saturated rings. The second-order valence-electron chi connectivity index (χ2n) is 8.13. The molecule has 1 aliphatic carbocycles. The molecule has 0 bridgehead atoms. The van der Waals surface area contributed by atoms with Crippen LogP contribution in [-0.4, -0.2) is 33.7 Å². The average molecular weight is 429 g/mol. The molecule has 1 aliphatic rings. The smallest absolute Gasteiger partial charge is 0.232 e. The molecule has 0 spiro atoms. The molecule has 3 rings (SSSR count). The molecule has 0 aromatic heterocycles. The van der Waals surface area contributed by atoms with Crippen molar-refractivity contribution in [3.63, 3.8) is 0 Å². The molecule has 0 atom stereocenters. The fourth-order valence-corrected chi connectivity index (χ4v) is 5.12. The monoisotopic (exact) mass is 428 g/mol. The average Bonchev–Trinajstić information content (AvgIpc) is 2.76. The van der Waals surface area contributed by atoms with Crippen LogP contribution in [0, 0.1) is 5.92 Å². The third-order valence-electron chi connectivity index (χ3n) is 5.74. The molecule has 5 nitrogen and oxygen atoms in total. The lowest BCUT2D eigenvalue weighted by Crippen LogP contribution is -2.33. The largest absolute Gasteiger partial charge is 0.356 e. The number of carbonyl (C=O) groups is 1. The van der Waals surface area contributed by atoms with E-state index >= 15 is 0 Å². The highest BCUT2D eigenvalue weighted by Gasteiger charge is 2.21. The molecule has 1 N–H and O–H groups in total. The van der Waals surface area contributed by atoms with Crippen LogP contribution in [0.4, 0.5) is 5.69 Å². The molecular weight excluding hydrogens is 396 g/mol. The highest BCUT2D eigenvalue weighted by Crippen LogP contribution is 2.32. The van der Waals surface area contributed by atoms with Crippen molar-refractivity contribution in [2.75, 3.05) is 23.7 Å². The predicted octanol–water partition coefficient (Wildman–Crippen LogP) is 4.60. The minimum Gasteiger partial charge on any atom is -0.356 e. The van der Waals surface area contributed by atoms with Crippen molar-refractivity contribution >= 4 is 21.6 Å². The summed E-state index contributed by atoms with van der Waals surface area (Å²) in [5, 5.41) is 3.03. The van der Waals surface area contributed by atoms with Crippen molar-refractivity contribution in [3.8, 4) is 11.1 Å². The molecule has 30 heavy (non-hydrogen) atoms. The number of nitrogens with one attached hydrogen (secondary N) is 1. The lowest BCUT2D eigenvalue weighted by molar-refractivity contribution is -0.121. The van der Waals surface area contributed by atoms with E-state index in [1.54, 1.807) is 0 Å². The standard InChI is InChI=1S/C24H32N2O3S/c1-30(28,29)26(18-10-17-24(27)25-19-20-11-4-2-5-12-20)23-16-9-8-15-22(23)21-13-6-3-7-14-21/h3,6-9,13-16,20H,2,4-5,10-12,17-19H2,1H3,(H,25,27). The molecule has 162 valence electrons. The maximum absolute atomic E-state index is 12.5. The minimum absolute atomic E-state index is 0.00497. The number of carbonyl (C=O) groups excluding carboxylic acids is 1. The zero-order valence-electron chi connectivity index (χ0n) is 17.7. The van der Waals surface area contributed by atoms with Gasteiger partial charge in [-0.15, -0.1) is 0 Å². The molecule has 2 aromatic rings. The summed E-state index contributed by atoms with van der Waals surface area (Å²) in [4.78, 5) is 12.3. The van der Waals surface area contributed by atoms with Crippen molar-refractivity contribution < 1.29 is 13.2 Å². The topological polar surface area (TPSA) is 66.5 Å². The Morgan fingerprint density at radius 1 is 1.00 bits per heavy atom. The van der Waals surface area contributed by atoms with E-state index in [0.717, 1.165) is 17.7 Å². The van der Waals surface area contributed by atoms with Crippen LogP contribution < -0.4 is 9.62 Å². The summed E-state index contributed by atoms with van der Waals surface area (Å²) in [7, 11) is -3.47. The van der Waals surface area contributed by atoms with Crippen LogP contribution in [0.5, 0.6) is 0 Å². The first-order valence-electron chi connectivity index (χ1n) is 10.8. The van der Waals surface area contributed by atoms with Gasteiger partial charge < -0.3 is 5.32 Å². The molecule has 0 unspecified atom stereocenters. The van der Waals surface area contributed by atoms with Gasteiger partial charge in [0.15, 0.2) is 0 Å². The number of amides is 1. The van der Waals surface area contributed by atoms with Gasteiger partial charge in [-0.25, -0.2) is 8.42 Å². The van der Waals surface area contributed by atoms with Crippen molar-refractivity contribution in [2.24, 2.45) is 5.92 Å². The maximum Gasteiger partial charge on any atom is 0.232 e. The van der Waals surface area contributed by atoms with Crippen LogP contribution in [0.3, 0.4) is 0 Å². The van der Waals surface area contributed by atoms with Crippen molar-refractivity contribution in [1.29, 1.82) is 0 Å². The predicted molar refractivity (Wildman–Crippen MR) is 123 cm³/mol. The summed E-state index contributed by atoms with van der Waals surface area (Å²) in [5.74, 6) is 0.596. The fourth-order valence-electron chi connectivity index (χ4n) is 4.14. The van der Waals surface area contributed by atoms with Crippen molar-refractivity contribution in [2.45, 2.75) is 44.9 Å². The van der Waals surface area contributed by atoms with Gasteiger partial charge in [0.05, 0.1) is 11.9 Å². The Hall–Kier alpha value is -2.34. The van der Waals surface area contributed by atoms with Crippen molar-refractivity contribution in [1.82, 2.24) is 5.32 Å². The quantitative estimate of drug-likeness (QED) is 0.635. The normalized spacial score (nSPS) is 15.0. The number of sulfonamides is 1. The Morgan fingerprint density at radius 3 is 2.37 bits per heavy atom. The number of nitrogens with zero attached hydrogens (tertiary/aromatic N) is 1. The molecule has 0 saturated heterocycles. The Morgan fingerprint density at radius 2 is 1.67 bits per heavy atom. The lowest BCUT2D eigenvalue weighted by atomic mass is 9.89. The molecule has 0 heterocycles. The van der Waals surface area contributed by atoms with Crippen LogP contribution in [0.2, 0.25) is 0 Å². The van der Waals surface area contributed by atoms with Crippen LogP contribution in [0.25, 0.3) is 11.1 Å². The van der Waals surface area contributed by atoms with E-state index in [2.05, 4.69) is 5.32 Å². The van der Waals surface area contributed by atoms with Gasteiger partial charge >= 0.3 is 0 Å². The number of hydrogen-bond acceptors (Lipinski definition) is 3. The number of para-hydroxylation sites is 1. The zero-order valence-corrected chi connectivity index (χ0v) is 18.5. The van der Waals surface area contributed by atoms with E-state index in [-0.39, 0.29) is 12.5 Å². The van der Waals surface area contributed by atoms with Gasteiger partial charge in [0.2, 0.25) is 15.9 Å². The highest BCUT2D eigenvalue weighted by molar-refractivity contribution is 7.92. The van der Waals surface area contributed by atoms with Gasteiger partial charge in [-0.3, -0.25) is 9.10 Å². The Kier molecular flexibility index (Phi) is 7.91. The van der Waals surface area contributed by atoms with Gasteiger partial charge in [0.1, 0.15) is 0 Å². The summed E-state index contributed by atoms with van der Waals surface area (Å²) >= 11 is 0. The van der Waals surface area contributed by atoms with Gasteiger partial charge in [0.25, 0.3) is 0 Å². The highest BCUT2D eigenvalue weighted by atomic mass is 32.2. The second-order valence-corrected chi connectivity index (χ2v) is 10.0. The number of anilines is 1. The lowest BCUT2D eigenvalue weighted by Gasteiger charge is -2.25. The first-order chi connectivity index (χ1) is 14.4. The summed E-state index contributed by atoms with van der Waals surface area (Å²) in [6.07, 6.45) is 8.22. The number of rotatable bonds is 9. The molecule has 1 amide bonds. The van der Waals surface area contributed by atoms with Gasteiger partial charge in [-0.05, 0) is 36.8 Å². The number of hydrogen-bond donors (Lipinski definition) is 1. The van der Waals surface area contributed by atoms with E-state index < -0.39 is 10.0 Å². The maximum atomic E-state index is 12.5. The molecule has 2 aromatic carbocycles. The zero-order chi connectivity index (χ0) is 21.4. The molecular formula is C24H32N2O3S. The minimum atomic E-state index is -3.47. The van der Waals surface area contributed by atoms with E-state index in [4.69, 9.17) is 0 Å². The Bertz CT molecular complexity index is 922. The van der Waals surface area contributed by atoms with Crippen molar-refractivity contribution in [3.05, 3.63) is 54.6 Å². The van der Waals surface area contributed by atoms with Gasteiger partial charge in [0, 0.05) is 25.1 Å². The van der Waals surface area contributed by atoms with Crippen LogP contribution >= 0.6 is 0 Å². The van der Waals surface area contributed by atoms with E-state index in [1.807, 2.05) is 54.6 Å². The molecule has 1 saturated carbocycles. The first-order valence-corrected chi connectivity index (χ1v) is 12.7. The van der Waals surface area contributed by atoms with Gasteiger partial charge in [-0.1, -0.05) is 67.8 Å². The van der Waals surface area contributed by atoms with E-state index in [1.165, 1.54) is 42.7 Å². The van der Waals surface area contributed by atoms with E-state index in [0.29, 0.717) is 24.4 Å².